The van der Waals surface area contributed by atoms with Crippen LogP contribution in [0.1, 0.15) is 53.4 Å². The van der Waals surface area contributed by atoms with Crippen molar-refractivity contribution in [1.29, 1.82) is 0 Å². The number of hydrogen-bond donors (Lipinski definition) is 1. The van der Waals surface area contributed by atoms with Crippen LogP contribution >= 0.6 is 11.5 Å². The van der Waals surface area contributed by atoms with Crippen LogP contribution in [-0.2, 0) is 6.54 Å². The molecule has 2 aromatic rings. The molecule has 1 aliphatic carbocycles. The summed E-state index contributed by atoms with van der Waals surface area (Å²) in [5, 5.41) is 7.76. The van der Waals surface area contributed by atoms with Gasteiger partial charge in [-0.25, -0.2) is 0 Å². The first-order valence-corrected chi connectivity index (χ1v) is 8.44. The summed E-state index contributed by atoms with van der Waals surface area (Å²) in [5.74, 6) is 0.595. The Balaban J connectivity index is 1.61. The number of pyridine rings is 1. The number of hydrogen-bond acceptors (Lipinski definition) is 5. The van der Waals surface area contributed by atoms with E-state index in [9.17, 15) is 0 Å². The molecule has 2 aromatic heterocycles. The quantitative estimate of drug-likeness (QED) is 0.941. The van der Waals surface area contributed by atoms with Crippen LogP contribution in [0.3, 0.4) is 0 Å². The number of nitrogens with zero attached hydrogens (tertiary/aromatic N) is 3. The van der Waals surface area contributed by atoms with E-state index in [0.29, 0.717) is 12.0 Å². The normalized spacial score (nSPS) is 22.4. The molecule has 0 saturated heterocycles. The molecule has 2 atom stereocenters. The van der Waals surface area contributed by atoms with Crippen LogP contribution in [0.2, 0.25) is 0 Å². The zero-order chi connectivity index (χ0) is 14.7. The van der Waals surface area contributed by atoms with Gasteiger partial charge in [0.15, 0.2) is 0 Å². The first-order valence-electron chi connectivity index (χ1n) is 7.66. The molecule has 3 rings (SSSR count). The van der Waals surface area contributed by atoms with Crippen molar-refractivity contribution in [3.05, 3.63) is 40.2 Å². The van der Waals surface area contributed by atoms with Gasteiger partial charge >= 0.3 is 0 Å². The lowest BCUT2D eigenvalue weighted by molar-refractivity contribution is 0.334. The van der Waals surface area contributed by atoms with Crippen LogP contribution in [0, 0.1) is 13.8 Å². The first kappa shape index (κ1) is 14.6. The summed E-state index contributed by atoms with van der Waals surface area (Å²) in [6, 6.07) is 4.77. The van der Waals surface area contributed by atoms with Crippen molar-refractivity contribution >= 4 is 11.5 Å². The van der Waals surface area contributed by atoms with Gasteiger partial charge in [-0.15, -0.1) is 5.10 Å². The lowest BCUT2D eigenvalue weighted by Gasteiger charge is -2.30. The lowest BCUT2D eigenvalue weighted by Crippen LogP contribution is -2.33. The van der Waals surface area contributed by atoms with Gasteiger partial charge in [0, 0.05) is 30.4 Å². The highest BCUT2D eigenvalue weighted by Crippen LogP contribution is 2.33. The Morgan fingerprint density at radius 1 is 1.33 bits per heavy atom. The van der Waals surface area contributed by atoms with E-state index in [0.717, 1.165) is 12.2 Å². The van der Waals surface area contributed by atoms with Crippen LogP contribution in [0.4, 0.5) is 0 Å². The summed E-state index contributed by atoms with van der Waals surface area (Å²) in [6.07, 6.45) is 6.90. The van der Waals surface area contributed by atoms with Crippen LogP contribution in [0.5, 0.6) is 0 Å². The molecule has 0 spiro atoms. The topological polar surface area (TPSA) is 50.7 Å². The fraction of sp³-hybridized carbons (Fsp3) is 0.562. The van der Waals surface area contributed by atoms with Gasteiger partial charge < -0.3 is 5.32 Å². The molecule has 21 heavy (non-hydrogen) atoms. The Morgan fingerprint density at radius 2 is 2.24 bits per heavy atom. The molecule has 0 bridgehead atoms. The van der Waals surface area contributed by atoms with Gasteiger partial charge in [-0.2, -0.15) is 0 Å². The molecule has 1 fully saturated rings. The molecule has 0 amide bonds. The molecular weight excluding hydrogens is 280 g/mol. The third kappa shape index (κ3) is 3.47. The molecule has 0 aromatic carbocycles. The van der Waals surface area contributed by atoms with Gasteiger partial charge in [0.1, 0.15) is 0 Å². The summed E-state index contributed by atoms with van der Waals surface area (Å²) < 4.78 is 4.00. The second-order valence-corrected chi connectivity index (χ2v) is 6.77. The van der Waals surface area contributed by atoms with Gasteiger partial charge in [0.05, 0.1) is 10.6 Å². The molecule has 2 heterocycles. The highest BCUT2D eigenvalue weighted by atomic mass is 32.1. The lowest BCUT2D eigenvalue weighted by atomic mass is 9.82. The average Bonchev–Trinajstić information content (AvgIpc) is 2.91. The Labute approximate surface area is 130 Å². The molecular formula is C16H22N4S. The third-order valence-corrected chi connectivity index (χ3v) is 5.23. The van der Waals surface area contributed by atoms with Gasteiger partial charge in [-0.05, 0) is 56.3 Å². The average molecular weight is 302 g/mol. The van der Waals surface area contributed by atoms with Crippen molar-refractivity contribution in [3.8, 4) is 0 Å². The zero-order valence-corrected chi connectivity index (χ0v) is 13.5. The van der Waals surface area contributed by atoms with E-state index in [-0.39, 0.29) is 0 Å². The van der Waals surface area contributed by atoms with E-state index >= 15 is 0 Å². The second-order valence-electron chi connectivity index (χ2n) is 5.93. The standard InChI is InChI=1S/C16H22N4S/c1-11-5-4-8-17-16(11)13-6-3-7-14(9-13)18-10-15-12(2)19-20-21-15/h4-5,8,13-14,18H,3,6-7,9-10H2,1-2H3/t13-,14+/m1/s1. The largest absolute Gasteiger partial charge is 0.309 e. The Bertz CT molecular complexity index is 595. The number of aryl methyl sites for hydroxylation is 2. The smallest absolute Gasteiger partial charge is 0.0769 e. The number of rotatable bonds is 4. The Morgan fingerprint density at radius 3 is 3.00 bits per heavy atom. The van der Waals surface area contributed by atoms with E-state index in [1.54, 1.807) is 0 Å². The minimum Gasteiger partial charge on any atom is -0.309 e. The molecule has 1 N–H and O–H groups in total. The maximum atomic E-state index is 4.61. The summed E-state index contributed by atoms with van der Waals surface area (Å²) in [6.45, 7) is 5.09. The van der Waals surface area contributed by atoms with Crippen LogP contribution in [0.15, 0.2) is 18.3 Å². The molecule has 5 heteroatoms. The predicted octanol–water partition coefficient (Wildman–Crippen LogP) is 3.37. The SMILES string of the molecule is Cc1cccnc1[C@@H]1CCC[C@H](NCc2snnc2C)C1. The first-order chi connectivity index (χ1) is 10.2. The van der Waals surface area contributed by atoms with Crippen LogP contribution in [0.25, 0.3) is 0 Å². The third-order valence-electron chi connectivity index (χ3n) is 4.41. The second kappa shape index (κ2) is 6.62. The van der Waals surface area contributed by atoms with Crippen molar-refractivity contribution < 1.29 is 0 Å². The molecule has 0 radical (unpaired) electrons. The van der Waals surface area contributed by atoms with E-state index in [1.807, 2.05) is 19.2 Å². The Kier molecular flexibility index (Phi) is 4.60. The van der Waals surface area contributed by atoms with Gasteiger partial charge in [-0.3, -0.25) is 4.98 Å². The summed E-state index contributed by atoms with van der Waals surface area (Å²) in [7, 11) is 0. The molecule has 4 nitrogen and oxygen atoms in total. The van der Waals surface area contributed by atoms with E-state index in [4.69, 9.17) is 0 Å². The van der Waals surface area contributed by atoms with Crippen molar-refractivity contribution in [2.75, 3.05) is 0 Å². The summed E-state index contributed by atoms with van der Waals surface area (Å²) >= 11 is 1.50. The number of aromatic nitrogens is 3. The van der Waals surface area contributed by atoms with Crippen LogP contribution in [-0.4, -0.2) is 20.6 Å². The van der Waals surface area contributed by atoms with E-state index < -0.39 is 0 Å². The zero-order valence-electron chi connectivity index (χ0n) is 12.7. The van der Waals surface area contributed by atoms with Crippen LogP contribution < -0.4 is 5.32 Å². The highest BCUT2D eigenvalue weighted by molar-refractivity contribution is 7.05. The molecule has 0 unspecified atom stereocenters. The molecule has 0 aliphatic heterocycles. The van der Waals surface area contributed by atoms with Crippen molar-refractivity contribution in [1.82, 2.24) is 19.9 Å². The van der Waals surface area contributed by atoms with E-state index in [2.05, 4.69) is 32.9 Å². The molecule has 1 aliphatic rings. The maximum Gasteiger partial charge on any atom is 0.0769 e. The van der Waals surface area contributed by atoms with Crippen molar-refractivity contribution in [2.24, 2.45) is 0 Å². The minimum atomic E-state index is 0.576. The fourth-order valence-electron chi connectivity index (χ4n) is 3.20. The fourth-order valence-corrected chi connectivity index (χ4v) is 3.78. The van der Waals surface area contributed by atoms with Gasteiger partial charge in [-0.1, -0.05) is 17.0 Å². The van der Waals surface area contributed by atoms with E-state index in [1.165, 1.54) is 53.4 Å². The van der Waals surface area contributed by atoms with Gasteiger partial charge in [0.25, 0.3) is 0 Å². The highest BCUT2D eigenvalue weighted by Gasteiger charge is 2.25. The summed E-state index contributed by atoms with van der Waals surface area (Å²) in [4.78, 5) is 5.87. The number of nitrogens with one attached hydrogen (secondary N) is 1. The van der Waals surface area contributed by atoms with Gasteiger partial charge in [0.2, 0.25) is 0 Å². The Hall–Kier alpha value is -1.33. The van der Waals surface area contributed by atoms with Crippen molar-refractivity contribution in [3.63, 3.8) is 0 Å². The molecule has 112 valence electrons. The molecule has 1 saturated carbocycles. The minimum absolute atomic E-state index is 0.576. The van der Waals surface area contributed by atoms with Crippen molar-refractivity contribution in [2.45, 2.75) is 58.0 Å². The maximum absolute atomic E-state index is 4.61. The summed E-state index contributed by atoms with van der Waals surface area (Å²) in [5.41, 5.74) is 3.67. The monoisotopic (exact) mass is 302 g/mol. The predicted molar refractivity (Wildman–Crippen MR) is 85.5 cm³/mol.